The average Bonchev–Trinajstić information content (AvgIpc) is 1.88. The Balaban J connectivity index is 0.000001000. The number of thiol groups is 1. The number of carbonyl (C=O) groups is 1. The fraction of sp³-hybridized carbons (Fsp3) is 0. The number of nitrogens with zero attached hydrogens (tertiary/aromatic N) is 1. The summed E-state index contributed by atoms with van der Waals surface area (Å²) in [6, 6.07) is 3.01. The molecular weight excluding hydrogens is 209 g/mol. The fourth-order valence-corrected chi connectivity index (χ4v) is 0.801. The second-order valence-corrected chi connectivity index (χ2v) is 2.10. The van der Waals surface area contributed by atoms with Gasteiger partial charge >= 0.3 is 5.97 Å². The van der Waals surface area contributed by atoms with Crippen LogP contribution in [0.3, 0.4) is 0 Å². The minimum atomic E-state index is -1.00. The number of hydrogen-bond acceptors (Lipinski definition) is 3. The maximum absolute atomic E-state index is 10.3. The molecular formula is C6H5NNiO2S. The van der Waals surface area contributed by atoms with Crippen LogP contribution in [-0.2, 0) is 16.5 Å². The zero-order chi connectivity index (χ0) is 7.56. The molecule has 3 nitrogen and oxygen atoms in total. The fourth-order valence-electron chi connectivity index (χ4n) is 0.564. The molecule has 0 fully saturated rings. The zero-order valence-electron chi connectivity index (χ0n) is 5.30. The van der Waals surface area contributed by atoms with Crippen LogP contribution >= 0.6 is 12.6 Å². The van der Waals surface area contributed by atoms with Crippen LogP contribution < -0.4 is 0 Å². The van der Waals surface area contributed by atoms with E-state index in [1.165, 1.54) is 12.3 Å². The van der Waals surface area contributed by atoms with Crippen LogP contribution in [0.2, 0.25) is 0 Å². The van der Waals surface area contributed by atoms with Gasteiger partial charge in [0, 0.05) is 22.7 Å². The van der Waals surface area contributed by atoms with Crippen molar-refractivity contribution in [2.24, 2.45) is 0 Å². The normalized spacial score (nSPS) is 8.45. The number of pyridine rings is 1. The van der Waals surface area contributed by atoms with Crippen molar-refractivity contribution in [3.63, 3.8) is 0 Å². The summed E-state index contributed by atoms with van der Waals surface area (Å²) in [5.74, 6) is -1.00. The third kappa shape index (κ3) is 2.52. The van der Waals surface area contributed by atoms with Gasteiger partial charge in [0.15, 0.2) is 0 Å². The van der Waals surface area contributed by atoms with Gasteiger partial charge in [-0.1, -0.05) is 0 Å². The summed E-state index contributed by atoms with van der Waals surface area (Å²) >= 11 is 3.85. The number of carboxylic acid groups (broad SMARTS) is 1. The zero-order valence-corrected chi connectivity index (χ0v) is 7.18. The Morgan fingerprint density at radius 1 is 1.64 bits per heavy atom. The Morgan fingerprint density at radius 3 is 2.64 bits per heavy atom. The SMILES string of the molecule is O=C(O)c1cccnc1S.[Ni]. The van der Waals surface area contributed by atoms with Gasteiger partial charge in [-0.3, -0.25) is 0 Å². The molecule has 0 aliphatic rings. The number of hydrogen-bond donors (Lipinski definition) is 2. The third-order valence-corrected chi connectivity index (χ3v) is 1.37. The maximum atomic E-state index is 10.3. The van der Waals surface area contributed by atoms with E-state index in [0.717, 1.165) is 0 Å². The monoisotopic (exact) mass is 213 g/mol. The first kappa shape index (κ1) is 10.5. The third-order valence-electron chi connectivity index (χ3n) is 1.02. The summed E-state index contributed by atoms with van der Waals surface area (Å²) in [5.41, 5.74) is 0.130. The summed E-state index contributed by atoms with van der Waals surface area (Å²) < 4.78 is 0. The van der Waals surface area contributed by atoms with E-state index in [1.807, 2.05) is 0 Å². The van der Waals surface area contributed by atoms with Crippen LogP contribution in [0.1, 0.15) is 10.4 Å². The first-order valence-corrected chi connectivity index (χ1v) is 3.04. The van der Waals surface area contributed by atoms with Gasteiger partial charge in [-0.2, -0.15) is 0 Å². The minimum absolute atomic E-state index is 0. The Labute approximate surface area is 79.2 Å². The number of aromatic nitrogens is 1. The topological polar surface area (TPSA) is 50.2 Å². The second-order valence-electron chi connectivity index (χ2n) is 1.68. The van der Waals surface area contributed by atoms with E-state index in [9.17, 15) is 4.79 Å². The van der Waals surface area contributed by atoms with Crippen molar-refractivity contribution >= 4 is 18.6 Å². The van der Waals surface area contributed by atoms with Crippen molar-refractivity contribution in [3.05, 3.63) is 23.9 Å². The molecule has 0 unspecified atom stereocenters. The summed E-state index contributed by atoms with van der Waals surface area (Å²) in [6.07, 6.45) is 1.49. The molecule has 0 aliphatic heterocycles. The van der Waals surface area contributed by atoms with Gasteiger partial charge < -0.3 is 5.11 Å². The quantitative estimate of drug-likeness (QED) is 0.542. The molecule has 1 aromatic heterocycles. The largest absolute Gasteiger partial charge is 0.478 e. The van der Waals surface area contributed by atoms with Crippen molar-refractivity contribution in [2.45, 2.75) is 5.03 Å². The van der Waals surface area contributed by atoms with Crippen molar-refractivity contribution in [1.29, 1.82) is 0 Å². The molecule has 11 heavy (non-hydrogen) atoms. The van der Waals surface area contributed by atoms with Gasteiger partial charge in [0.25, 0.3) is 0 Å². The predicted molar refractivity (Wildman–Crippen MR) is 38.4 cm³/mol. The van der Waals surface area contributed by atoms with E-state index in [1.54, 1.807) is 6.07 Å². The first-order chi connectivity index (χ1) is 4.72. The van der Waals surface area contributed by atoms with Gasteiger partial charge in [0.05, 0.1) is 5.56 Å². The van der Waals surface area contributed by atoms with Gasteiger partial charge in [-0.25, -0.2) is 9.78 Å². The molecule has 0 atom stereocenters. The van der Waals surface area contributed by atoms with Crippen LogP contribution in [0.4, 0.5) is 0 Å². The van der Waals surface area contributed by atoms with Crippen LogP contribution in [-0.4, -0.2) is 16.1 Å². The van der Waals surface area contributed by atoms with Gasteiger partial charge in [-0.15, -0.1) is 12.6 Å². The molecule has 0 spiro atoms. The Bertz CT molecular complexity index is 267. The molecule has 1 heterocycles. The molecule has 5 heteroatoms. The molecule has 1 rings (SSSR count). The molecule has 0 saturated heterocycles. The molecule has 0 aliphatic carbocycles. The van der Waals surface area contributed by atoms with E-state index < -0.39 is 5.97 Å². The van der Waals surface area contributed by atoms with Crippen molar-refractivity contribution in [1.82, 2.24) is 4.98 Å². The van der Waals surface area contributed by atoms with Gasteiger partial charge in [0.1, 0.15) is 5.03 Å². The van der Waals surface area contributed by atoms with E-state index in [4.69, 9.17) is 5.11 Å². The summed E-state index contributed by atoms with van der Waals surface area (Å²) in [7, 11) is 0. The molecule has 0 radical (unpaired) electrons. The standard InChI is InChI=1S/C6H5NO2S.Ni/c8-6(9)4-2-1-3-7-5(4)10;/h1-3H,(H,7,10)(H,8,9);. The van der Waals surface area contributed by atoms with E-state index in [0.29, 0.717) is 0 Å². The van der Waals surface area contributed by atoms with E-state index in [-0.39, 0.29) is 27.1 Å². The molecule has 1 N–H and O–H groups in total. The average molecular weight is 214 g/mol. The Kier molecular flexibility index (Phi) is 4.15. The summed E-state index contributed by atoms with van der Waals surface area (Å²) in [6.45, 7) is 0. The summed E-state index contributed by atoms with van der Waals surface area (Å²) in [4.78, 5) is 14.0. The van der Waals surface area contributed by atoms with Gasteiger partial charge in [-0.05, 0) is 12.1 Å². The smallest absolute Gasteiger partial charge is 0.338 e. The molecule has 0 amide bonds. The number of rotatable bonds is 1. The minimum Gasteiger partial charge on any atom is -0.478 e. The second kappa shape index (κ2) is 4.36. The van der Waals surface area contributed by atoms with Crippen LogP contribution in [0, 0.1) is 0 Å². The Hall–Kier alpha value is -0.536. The van der Waals surface area contributed by atoms with Crippen molar-refractivity contribution < 1.29 is 26.4 Å². The molecule has 0 bridgehead atoms. The Morgan fingerprint density at radius 2 is 2.27 bits per heavy atom. The molecule has 0 saturated carbocycles. The van der Waals surface area contributed by atoms with Crippen molar-refractivity contribution in [2.75, 3.05) is 0 Å². The first-order valence-electron chi connectivity index (χ1n) is 2.59. The number of carboxylic acids is 1. The summed E-state index contributed by atoms with van der Waals surface area (Å²) in [5, 5.41) is 8.72. The van der Waals surface area contributed by atoms with Crippen molar-refractivity contribution in [3.8, 4) is 0 Å². The van der Waals surface area contributed by atoms with E-state index in [2.05, 4.69) is 17.6 Å². The molecule has 0 aromatic carbocycles. The maximum Gasteiger partial charge on any atom is 0.338 e. The van der Waals surface area contributed by atoms with Crippen LogP contribution in [0.25, 0.3) is 0 Å². The van der Waals surface area contributed by atoms with E-state index >= 15 is 0 Å². The molecule has 62 valence electrons. The predicted octanol–water partition coefficient (Wildman–Crippen LogP) is 1.07. The van der Waals surface area contributed by atoms with Crippen LogP contribution in [0.15, 0.2) is 23.4 Å². The number of aromatic carboxylic acids is 1. The molecule has 1 aromatic rings. The van der Waals surface area contributed by atoms with Crippen LogP contribution in [0.5, 0.6) is 0 Å². The van der Waals surface area contributed by atoms with Gasteiger partial charge in [0.2, 0.25) is 0 Å².